The van der Waals surface area contributed by atoms with E-state index in [4.69, 9.17) is 9.59 Å². The zero-order valence-corrected chi connectivity index (χ0v) is 14.8. The summed E-state index contributed by atoms with van der Waals surface area (Å²) in [6.07, 6.45) is 2.47. The molecule has 0 N–H and O–H groups in total. The van der Waals surface area contributed by atoms with Crippen LogP contribution in [0.25, 0.3) is 0 Å². The van der Waals surface area contributed by atoms with E-state index in [-0.39, 0.29) is 71.8 Å². The molecule has 78 valence electrons. The van der Waals surface area contributed by atoms with Crippen molar-refractivity contribution in [2.24, 2.45) is 0 Å². The van der Waals surface area contributed by atoms with Crippen molar-refractivity contribution >= 4 is 12.6 Å². The maximum absolute atomic E-state index is 9.02. The first kappa shape index (κ1) is 24.8. The molecule has 0 aliphatic carbocycles. The van der Waals surface area contributed by atoms with Gasteiger partial charge in [0.25, 0.3) is 0 Å². The van der Waals surface area contributed by atoms with Crippen molar-refractivity contribution in [3.63, 3.8) is 0 Å². The Hall–Kier alpha value is 0.768. The van der Waals surface area contributed by atoms with Crippen LogP contribution in [0.5, 0.6) is 0 Å². The zero-order chi connectivity index (χ0) is 10.4. The SMILES string of the molecule is CC.O=[C-]C[C-]=O.[Y].[Y].c1ccccc1. The van der Waals surface area contributed by atoms with Gasteiger partial charge in [0.2, 0.25) is 0 Å². The molecule has 1 aromatic rings. The van der Waals surface area contributed by atoms with E-state index in [0.29, 0.717) is 0 Å². The summed E-state index contributed by atoms with van der Waals surface area (Å²) in [7, 11) is 0. The molecule has 0 unspecified atom stereocenters. The van der Waals surface area contributed by atoms with Gasteiger partial charge in [0.05, 0.1) is 0 Å². The maximum Gasteiger partial charge on any atom is 0 e. The largest absolute Gasteiger partial charge is 0.544 e. The van der Waals surface area contributed by atoms with E-state index < -0.39 is 0 Å². The zero-order valence-electron chi connectivity index (χ0n) is 9.14. The van der Waals surface area contributed by atoms with Crippen molar-refractivity contribution in [2.45, 2.75) is 20.3 Å². The second kappa shape index (κ2) is 29.3. The summed E-state index contributed by atoms with van der Waals surface area (Å²) in [5, 5.41) is 0. The second-order valence-electron chi connectivity index (χ2n) is 1.62. The van der Waals surface area contributed by atoms with Crippen LogP contribution in [-0.2, 0) is 75.0 Å². The van der Waals surface area contributed by atoms with Crippen LogP contribution in [0.3, 0.4) is 0 Å². The van der Waals surface area contributed by atoms with Gasteiger partial charge in [-0.1, -0.05) is 50.2 Å². The molecule has 4 heteroatoms. The standard InChI is InChI=1S/C6H6.C3H2O2.C2H6.2Y/c1-2-4-6-5-3-1;4-2-1-3-5;1-2;;/h1-6H;1H2;1-2H3;;/q;-2;;;. The van der Waals surface area contributed by atoms with Crippen LogP contribution in [0.2, 0.25) is 0 Å². The predicted molar refractivity (Wildman–Crippen MR) is 53.8 cm³/mol. The van der Waals surface area contributed by atoms with E-state index in [1.54, 1.807) is 0 Å². The summed E-state index contributed by atoms with van der Waals surface area (Å²) < 4.78 is 0. The van der Waals surface area contributed by atoms with E-state index in [0.717, 1.165) is 0 Å². The molecule has 0 amide bonds. The molecule has 0 spiro atoms. The van der Waals surface area contributed by atoms with E-state index in [1.165, 1.54) is 12.6 Å². The molecule has 2 radical (unpaired) electrons. The van der Waals surface area contributed by atoms with Crippen molar-refractivity contribution in [1.29, 1.82) is 0 Å². The van der Waals surface area contributed by atoms with Crippen molar-refractivity contribution < 1.29 is 75.0 Å². The van der Waals surface area contributed by atoms with Gasteiger partial charge in [0, 0.05) is 65.4 Å². The van der Waals surface area contributed by atoms with Gasteiger partial charge < -0.3 is 9.59 Å². The molecule has 0 bridgehead atoms. The summed E-state index contributed by atoms with van der Waals surface area (Å²) in [6, 6.07) is 12.0. The van der Waals surface area contributed by atoms with Crippen LogP contribution in [0.1, 0.15) is 20.3 Å². The first-order valence-corrected chi connectivity index (χ1v) is 4.12. The molecule has 2 nitrogen and oxygen atoms in total. The molecule has 1 rings (SSSR count). The Labute approximate surface area is 142 Å². The molecule has 0 saturated heterocycles. The van der Waals surface area contributed by atoms with Gasteiger partial charge >= 0.3 is 0 Å². The molecule has 0 atom stereocenters. The molecule has 0 heterocycles. The average molecular weight is 356 g/mol. The number of rotatable bonds is 2. The minimum Gasteiger partial charge on any atom is -0.544 e. The summed E-state index contributed by atoms with van der Waals surface area (Å²) in [5.41, 5.74) is 0. The number of hydrogen-bond donors (Lipinski definition) is 0. The molecule has 0 aliphatic rings. The van der Waals surface area contributed by atoms with Crippen molar-refractivity contribution in [2.75, 3.05) is 0 Å². The van der Waals surface area contributed by atoms with Gasteiger partial charge in [0.15, 0.2) is 0 Å². The smallest absolute Gasteiger partial charge is 0 e. The third-order valence-corrected chi connectivity index (χ3v) is 0.811. The molecule has 15 heavy (non-hydrogen) atoms. The molecule has 0 fully saturated rings. The van der Waals surface area contributed by atoms with Crippen LogP contribution < -0.4 is 0 Å². The minimum atomic E-state index is -0.222. The maximum atomic E-state index is 9.02. The van der Waals surface area contributed by atoms with Crippen LogP contribution in [0, 0.1) is 0 Å². The topological polar surface area (TPSA) is 34.1 Å². The average Bonchev–Trinajstić information content (AvgIpc) is 2.25. The fourth-order valence-electron chi connectivity index (χ4n) is 0.414. The van der Waals surface area contributed by atoms with Crippen molar-refractivity contribution in [3.05, 3.63) is 36.4 Å². The first-order chi connectivity index (χ1) is 6.41. The van der Waals surface area contributed by atoms with E-state index in [1.807, 2.05) is 50.2 Å². The van der Waals surface area contributed by atoms with Crippen LogP contribution in [-0.4, -0.2) is 12.6 Å². The van der Waals surface area contributed by atoms with Gasteiger partial charge in [-0.25, -0.2) is 0 Å². The van der Waals surface area contributed by atoms with Crippen molar-refractivity contribution in [1.82, 2.24) is 0 Å². The van der Waals surface area contributed by atoms with Crippen LogP contribution in [0.4, 0.5) is 0 Å². The van der Waals surface area contributed by atoms with Gasteiger partial charge in [-0.2, -0.15) is 0 Å². The Morgan fingerprint density at radius 2 is 0.933 bits per heavy atom. The Morgan fingerprint density at radius 3 is 1.00 bits per heavy atom. The molecule has 1 aromatic carbocycles. The normalized spacial score (nSPS) is 5.73. The second-order valence-corrected chi connectivity index (χ2v) is 1.62. The first-order valence-electron chi connectivity index (χ1n) is 4.12. The van der Waals surface area contributed by atoms with E-state index >= 15 is 0 Å². The van der Waals surface area contributed by atoms with Crippen LogP contribution in [0.15, 0.2) is 36.4 Å². The Bertz CT molecular complexity index is 158. The van der Waals surface area contributed by atoms with Gasteiger partial charge in [-0.15, -0.1) is 0 Å². The Balaban J connectivity index is -0.0000000629. The monoisotopic (exact) mass is 356 g/mol. The van der Waals surface area contributed by atoms with Gasteiger partial charge in [-0.3, -0.25) is 19.0 Å². The van der Waals surface area contributed by atoms with E-state index in [2.05, 4.69) is 0 Å². The fourth-order valence-corrected chi connectivity index (χ4v) is 0.414. The van der Waals surface area contributed by atoms with E-state index in [9.17, 15) is 0 Å². The summed E-state index contributed by atoms with van der Waals surface area (Å²) in [4.78, 5) is 18.0. The molecular formula is C11H14O2Y2-2. The van der Waals surface area contributed by atoms with Crippen molar-refractivity contribution in [3.8, 4) is 0 Å². The molecule has 0 aliphatic heterocycles. The summed E-state index contributed by atoms with van der Waals surface area (Å²) in [6.45, 7) is 4.00. The predicted octanol–water partition coefficient (Wildman–Crippen LogP) is 2.30. The Kier molecular flexibility index (Phi) is 48.6. The minimum absolute atomic E-state index is 0. The number of benzene rings is 1. The van der Waals surface area contributed by atoms with Gasteiger partial charge in [0.1, 0.15) is 0 Å². The number of hydrogen-bond acceptors (Lipinski definition) is 2. The molecule has 0 saturated carbocycles. The summed E-state index contributed by atoms with van der Waals surface area (Å²) >= 11 is 0. The third kappa shape index (κ3) is 31.3. The van der Waals surface area contributed by atoms with Gasteiger partial charge in [-0.05, 0) is 0 Å². The molecule has 0 aromatic heterocycles. The molecular weight excluding hydrogens is 342 g/mol. The fraction of sp³-hybridized carbons (Fsp3) is 0.273. The summed E-state index contributed by atoms with van der Waals surface area (Å²) in [5.74, 6) is 0. The third-order valence-electron chi connectivity index (χ3n) is 0.811. The quantitative estimate of drug-likeness (QED) is 0.602. The van der Waals surface area contributed by atoms with Crippen LogP contribution >= 0.6 is 0 Å². The number of carbonyl (C=O) groups excluding carboxylic acids is 2. The Morgan fingerprint density at radius 1 is 0.733 bits per heavy atom.